The van der Waals surface area contributed by atoms with E-state index in [1.54, 1.807) is 0 Å². The van der Waals surface area contributed by atoms with Gasteiger partial charge in [0.05, 0.1) is 0 Å². The Hall–Kier alpha value is -1.88. The van der Waals surface area contributed by atoms with Crippen molar-refractivity contribution in [2.45, 2.75) is 57.7 Å². The van der Waals surface area contributed by atoms with Gasteiger partial charge in [0.25, 0.3) is 0 Å². The molecule has 24 heavy (non-hydrogen) atoms. The van der Waals surface area contributed by atoms with Crippen molar-refractivity contribution in [2.75, 3.05) is 6.54 Å². The summed E-state index contributed by atoms with van der Waals surface area (Å²) >= 11 is 0. The molecule has 1 saturated carbocycles. The summed E-state index contributed by atoms with van der Waals surface area (Å²) in [5.41, 5.74) is 8.19. The second kappa shape index (κ2) is 7.79. The van der Waals surface area contributed by atoms with Crippen molar-refractivity contribution < 1.29 is 9.59 Å². The summed E-state index contributed by atoms with van der Waals surface area (Å²) in [6, 6.07) is 8.20. The monoisotopic (exact) mass is 329 g/mol. The van der Waals surface area contributed by atoms with Crippen LogP contribution in [0.15, 0.2) is 24.3 Å². The quantitative estimate of drug-likeness (QED) is 0.867. The van der Waals surface area contributed by atoms with Gasteiger partial charge in [-0.3, -0.25) is 9.59 Å². The van der Waals surface area contributed by atoms with Gasteiger partial charge >= 0.3 is 0 Å². The molecule has 1 aromatic carbocycles. The first-order valence-electron chi connectivity index (χ1n) is 9.01. The van der Waals surface area contributed by atoms with E-state index in [0.29, 0.717) is 19.5 Å². The molecule has 3 rings (SSSR count). The van der Waals surface area contributed by atoms with E-state index in [4.69, 9.17) is 5.73 Å². The molecular formula is C19H27N3O2. The number of amides is 2. The Morgan fingerprint density at radius 3 is 2.71 bits per heavy atom. The smallest absolute Gasteiger partial charge is 0.223 e. The van der Waals surface area contributed by atoms with E-state index in [9.17, 15) is 9.59 Å². The first-order chi connectivity index (χ1) is 11.6. The number of nitrogens with zero attached hydrogens (tertiary/aromatic N) is 1. The Kier molecular flexibility index (Phi) is 5.51. The van der Waals surface area contributed by atoms with Crippen LogP contribution in [0.25, 0.3) is 0 Å². The molecule has 1 saturated heterocycles. The lowest BCUT2D eigenvalue weighted by molar-refractivity contribution is -0.128. The highest BCUT2D eigenvalue weighted by Crippen LogP contribution is 2.23. The molecule has 0 unspecified atom stereocenters. The zero-order valence-electron chi connectivity index (χ0n) is 14.2. The summed E-state index contributed by atoms with van der Waals surface area (Å²) < 4.78 is 0. The van der Waals surface area contributed by atoms with Gasteiger partial charge in [-0.15, -0.1) is 0 Å². The van der Waals surface area contributed by atoms with Gasteiger partial charge in [0.1, 0.15) is 0 Å². The molecular weight excluding hydrogens is 302 g/mol. The van der Waals surface area contributed by atoms with Gasteiger partial charge < -0.3 is 16.0 Å². The Balaban J connectivity index is 1.58. The fourth-order valence-electron chi connectivity index (χ4n) is 3.75. The normalized spacial score (nSPS) is 24.2. The molecule has 1 aromatic rings. The van der Waals surface area contributed by atoms with E-state index >= 15 is 0 Å². The number of nitrogens with two attached hydrogens (primary N) is 1. The number of nitrogens with one attached hydrogen (secondary N) is 1. The van der Waals surface area contributed by atoms with Crippen LogP contribution >= 0.6 is 0 Å². The zero-order valence-corrected chi connectivity index (χ0v) is 14.2. The van der Waals surface area contributed by atoms with E-state index in [0.717, 1.165) is 49.8 Å². The molecule has 0 radical (unpaired) electrons. The molecule has 3 N–H and O–H groups in total. The zero-order chi connectivity index (χ0) is 16.9. The van der Waals surface area contributed by atoms with Crippen molar-refractivity contribution in [3.63, 3.8) is 0 Å². The number of likely N-dealkylation sites (tertiary alicyclic amines) is 1. The topological polar surface area (TPSA) is 75.4 Å². The van der Waals surface area contributed by atoms with Gasteiger partial charge in [-0.1, -0.05) is 30.7 Å². The third-order valence-electron chi connectivity index (χ3n) is 5.19. The van der Waals surface area contributed by atoms with Crippen molar-refractivity contribution in [1.29, 1.82) is 0 Å². The standard InChI is InChI=1S/C19H27N3O2/c20-17-8-3-7-14(11-17)19(24)21-12-15-5-1-2-6-16(15)13-22-10-4-9-18(22)23/h1-2,5-6,14,17H,3-4,7-13,20H2,(H,21,24)/t14-,17+/m1/s1. The first kappa shape index (κ1) is 17.0. The molecule has 2 amide bonds. The minimum atomic E-state index is 0.0427. The molecule has 0 aromatic heterocycles. The van der Waals surface area contributed by atoms with Crippen LogP contribution < -0.4 is 11.1 Å². The summed E-state index contributed by atoms with van der Waals surface area (Å²) in [5, 5.41) is 3.07. The number of rotatable bonds is 5. The van der Waals surface area contributed by atoms with Gasteiger partial charge in [-0.2, -0.15) is 0 Å². The fraction of sp³-hybridized carbons (Fsp3) is 0.579. The number of hydrogen-bond donors (Lipinski definition) is 2. The summed E-state index contributed by atoms with van der Waals surface area (Å²) in [6.45, 7) is 1.99. The second-order valence-corrected chi connectivity index (χ2v) is 7.03. The summed E-state index contributed by atoms with van der Waals surface area (Å²) in [5.74, 6) is 0.378. The molecule has 5 heteroatoms. The van der Waals surface area contributed by atoms with Gasteiger partial charge in [-0.05, 0) is 36.8 Å². The average molecular weight is 329 g/mol. The Morgan fingerprint density at radius 1 is 1.21 bits per heavy atom. The van der Waals surface area contributed by atoms with Crippen molar-refractivity contribution in [3.8, 4) is 0 Å². The van der Waals surface area contributed by atoms with Crippen molar-refractivity contribution in [3.05, 3.63) is 35.4 Å². The van der Waals surface area contributed by atoms with E-state index in [1.165, 1.54) is 0 Å². The molecule has 2 fully saturated rings. The lowest BCUT2D eigenvalue weighted by Crippen LogP contribution is -2.37. The molecule has 0 bridgehead atoms. The summed E-state index contributed by atoms with van der Waals surface area (Å²) in [7, 11) is 0. The Bertz CT molecular complexity index is 602. The third-order valence-corrected chi connectivity index (χ3v) is 5.19. The highest BCUT2D eigenvalue weighted by molar-refractivity contribution is 5.79. The van der Waals surface area contributed by atoms with Crippen LogP contribution in [0.3, 0.4) is 0 Å². The first-order valence-corrected chi connectivity index (χ1v) is 9.01. The Morgan fingerprint density at radius 2 is 2.00 bits per heavy atom. The molecule has 1 heterocycles. The van der Waals surface area contributed by atoms with Crippen LogP contribution in [-0.2, 0) is 22.7 Å². The van der Waals surface area contributed by atoms with Gasteiger partial charge in [-0.25, -0.2) is 0 Å². The minimum Gasteiger partial charge on any atom is -0.352 e. The van der Waals surface area contributed by atoms with Crippen molar-refractivity contribution in [1.82, 2.24) is 10.2 Å². The largest absolute Gasteiger partial charge is 0.352 e. The van der Waals surface area contributed by atoms with Crippen LogP contribution in [0.1, 0.15) is 49.7 Å². The van der Waals surface area contributed by atoms with E-state index < -0.39 is 0 Å². The van der Waals surface area contributed by atoms with Crippen LogP contribution in [-0.4, -0.2) is 29.3 Å². The highest BCUT2D eigenvalue weighted by atomic mass is 16.2. The molecule has 130 valence electrons. The number of hydrogen-bond acceptors (Lipinski definition) is 3. The predicted molar refractivity (Wildman–Crippen MR) is 92.9 cm³/mol. The van der Waals surface area contributed by atoms with Crippen molar-refractivity contribution >= 4 is 11.8 Å². The molecule has 5 nitrogen and oxygen atoms in total. The number of carbonyl (C=O) groups excluding carboxylic acids is 2. The lowest BCUT2D eigenvalue weighted by Gasteiger charge is -2.26. The van der Waals surface area contributed by atoms with Crippen LogP contribution in [0.4, 0.5) is 0 Å². The van der Waals surface area contributed by atoms with Crippen molar-refractivity contribution in [2.24, 2.45) is 11.7 Å². The fourth-order valence-corrected chi connectivity index (χ4v) is 3.75. The average Bonchev–Trinajstić information content (AvgIpc) is 2.99. The molecule has 0 spiro atoms. The van der Waals surface area contributed by atoms with E-state index in [1.807, 2.05) is 29.2 Å². The maximum Gasteiger partial charge on any atom is 0.223 e. The second-order valence-electron chi connectivity index (χ2n) is 7.03. The van der Waals surface area contributed by atoms with Crippen LogP contribution in [0, 0.1) is 5.92 Å². The van der Waals surface area contributed by atoms with Gasteiger partial charge in [0.2, 0.25) is 11.8 Å². The molecule has 1 aliphatic carbocycles. The molecule has 2 aliphatic rings. The van der Waals surface area contributed by atoms with Crippen LogP contribution in [0.5, 0.6) is 0 Å². The maximum absolute atomic E-state index is 12.4. The van der Waals surface area contributed by atoms with E-state index in [-0.39, 0.29) is 23.8 Å². The lowest BCUT2D eigenvalue weighted by atomic mass is 9.85. The number of carbonyl (C=O) groups is 2. The Labute approximate surface area is 143 Å². The van der Waals surface area contributed by atoms with Gasteiger partial charge in [0, 0.05) is 38.0 Å². The summed E-state index contributed by atoms with van der Waals surface area (Å²) in [4.78, 5) is 26.1. The maximum atomic E-state index is 12.4. The van der Waals surface area contributed by atoms with Crippen LogP contribution in [0.2, 0.25) is 0 Å². The van der Waals surface area contributed by atoms with Gasteiger partial charge in [0.15, 0.2) is 0 Å². The highest BCUT2D eigenvalue weighted by Gasteiger charge is 2.25. The van der Waals surface area contributed by atoms with E-state index in [2.05, 4.69) is 5.32 Å². The minimum absolute atomic E-state index is 0.0427. The number of benzene rings is 1. The third kappa shape index (κ3) is 4.15. The molecule has 2 atom stereocenters. The summed E-state index contributed by atoms with van der Waals surface area (Å²) in [6.07, 6.45) is 5.38. The predicted octanol–water partition coefficient (Wildman–Crippen LogP) is 1.94. The molecule has 1 aliphatic heterocycles. The SMILES string of the molecule is N[C@H]1CCC[C@@H](C(=O)NCc2ccccc2CN2CCCC2=O)C1.